The number of fused-ring (bicyclic) bond motifs is 1. The van der Waals surface area contributed by atoms with Gasteiger partial charge in [-0.2, -0.15) is 4.98 Å². The highest BCUT2D eigenvalue weighted by molar-refractivity contribution is 5.74. The zero-order valence-electron chi connectivity index (χ0n) is 14.3. The molecule has 0 saturated carbocycles. The van der Waals surface area contributed by atoms with Crippen molar-refractivity contribution < 1.29 is 9.13 Å². The molecule has 3 aromatic rings. The van der Waals surface area contributed by atoms with Crippen LogP contribution in [0.4, 0.5) is 16.2 Å². The van der Waals surface area contributed by atoms with Gasteiger partial charge in [-0.3, -0.25) is 0 Å². The van der Waals surface area contributed by atoms with Gasteiger partial charge in [-0.05, 0) is 31.0 Å². The number of nitrogens with zero attached hydrogens (tertiary/aromatic N) is 3. The fourth-order valence-corrected chi connectivity index (χ4v) is 3.18. The molecular weight excluding hydrogens is 335 g/mol. The minimum absolute atomic E-state index is 0.265. The highest BCUT2D eigenvalue weighted by Crippen LogP contribution is 2.25. The summed E-state index contributed by atoms with van der Waals surface area (Å²) in [6.45, 7) is 2.17. The molecule has 3 heterocycles. The molecule has 0 radical (unpaired) electrons. The molecule has 0 amide bonds. The van der Waals surface area contributed by atoms with Gasteiger partial charge in [-0.25, -0.2) is 14.4 Å². The molecule has 1 saturated heterocycles. The van der Waals surface area contributed by atoms with Crippen molar-refractivity contribution in [3.05, 3.63) is 41.6 Å². The lowest BCUT2D eigenvalue weighted by atomic mass is 10.0. The Bertz CT molecular complexity index is 906. The third-order valence-electron chi connectivity index (χ3n) is 4.50. The summed E-state index contributed by atoms with van der Waals surface area (Å²) in [6, 6.07) is 6.50. The van der Waals surface area contributed by atoms with E-state index in [4.69, 9.17) is 10.5 Å². The Hall–Kier alpha value is -2.74. The van der Waals surface area contributed by atoms with Gasteiger partial charge in [0, 0.05) is 31.6 Å². The first kappa shape index (κ1) is 16.7. The number of aromatic nitrogens is 4. The second-order valence-corrected chi connectivity index (χ2v) is 6.47. The monoisotopic (exact) mass is 356 g/mol. The van der Waals surface area contributed by atoms with Gasteiger partial charge in [0.25, 0.3) is 0 Å². The number of hydrogen-bond acceptors (Lipinski definition) is 6. The van der Waals surface area contributed by atoms with Crippen LogP contribution in [-0.2, 0) is 11.2 Å². The van der Waals surface area contributed by atoms with E-state index in [2.05, 4.69) is 25.3 Å². The number of nitrogen functional groups attached to an aromatic ring is 1. The molecule has 0 bridgehead atoms. The van der Waals surface area contributed by atoms with Crippen LogP contribution >= 0.6 is 0 Å². The predicted octanol–water partition coefficient (Wildman–Crippen LogP) is 2.62. The molecule has 136 valence electrons. The third-order valence-corrected chi connectivity index (χ3v) is 4.50. The van der Waals surface area contributed by atoms with Gasteiger partial charge < -0.3 is 20.8 Å². The summed E-state index contributed by atoms with van der Waals surface area (Å²) < 4.78 is 18.6. The van der Waals surface area contributed by atoms with E-state index in [1.54, 1.807) is 6.07 Å². The summed E-state index contributed by atoms with van der Waals surface area (Å²) in [5.74, 6) is 1.87. The first-order valence-corrected chi connectivity index (χ1v) is 8.77. The van der Waals surface area contributed by atoms with Crippen LogP contribution in [0.2, 0.25) is 0 Å². The number of aromatic amines is 1. The highest BCUT2D eigenvalue weighted by Gasteiger charge is 2.20. The Labute approximate surface area is 150 Å². The predicted molar refractivity (Wildman–Crippen MR) is 97.5 cm³/mol. The number of imidazole rings is 1. The van der Waals surface area contributed by atoms with Crippen molar-refractivity contribution in [2.75, 3.05) is 30.8 Å². The van der Waals surface area contributed by atoms with Gasteiger partial charge in [0.2, 0.25) is 5.95 Å². The summed E-state index contributed by atoms with van der Waals surface area (Å²) in [5.41, 5.74) is 8.26. The van der Waals surface area contributed by atoms with Crippen LogP contribution in [0.25, 0.3) is 11.0 Å². The van der Waals surface area contributed by atoms with Crippen molar-refractivity contribution in [1.82, 2.24) is 19.9 Å². The molecule has 1 atom stereocenters. The van der Waals surface area contributed by atoms with Crippen molar-refractivity contribution in [1.29, 1.82) is 0 Å². The molecule has 1 fully saturated rings. The summed E-state index contributed by atoms with van der Waals surface area (Å²) in [6.07, 6.45) is 2.57. The van der Waals surface area contributed by atoms with E-state index in [-0.39, 0.29) is 17.7 Å². The Balaban J connectivity index is 1.34. The summed E-state index contributed by atoms with van der Waals surface area (Å²) in [5, 5.41) is 3.29. The van der Waals surface area contributed by atoms with E-state index in [1.807, 2.05) is 6.07 Å². The molecule has 2 aromatic heterocycles. The number of ether oxygens (including phenoxy) is 1. The van der Waals surface area contributed by atoms with Crippen molar-refractivity contribution in [2.45, 2.75) is 25.2 Å². The second kappa shape index (κ2) is 7.25. The van der Waals surface area contributed by atoms with Crippen LogP contribution < -0.4 is 11.1 Å². The largest absolute Gasteiger partial charge is 0.381 e. The maximum Gasteiger partial charge on any atom is 0.222 e. The molecule has 26 heavy (non-hydrogen) atoms. The number of rotatable bonds is 6. The van der Waals surface area contributed by atoms with Crippen LogP contribution in [0.15, 0.2) is 24.3 Å². The second-order valence-electron chi connectivity index (χ2n) is 6.47. The van der Waals surface area contributed by atoms with Crippen molar-refractivity contribution in [2.24, 2.45) is 0 Å². The van der Waals surface area contributed by atoms with Gasteiger partial charge >= 0.3 is 0 Å². The van der Waals surface area contributed by atoms with Gasteiger partial charge in [0.15, 0.2) is 0 Å². The van der Waals surface area contributed by atoms with Gasteiger partial charge in [0.1, 0.15) is 17.5 Å². The van der Waals surface area contributed by atoms with E-state index in [9.17, 15) is 4.39 Å². The van der Waals surface area contributed by atoms with Gasteiger partial charge in [0.05, 0.1) is 23.3 Å². The fourth-order valence-electron chi connectivity index (χ4n) is 3.18. The average Bonchev–Trinajstić information content (AvgIpc) is 3.27. The molecule has 7 nitrogen and oxygen atoms in total. The SMILES string of the molecule is Nc1nc(NCCCc2nc3ccc(F)cc3[nH]2)cc([C@H]2CCOC2)n1. The zero-order chi connectivity index (χ0) is 17.9. The van der Waals surface area contributed by atoms with Crippen molar-refractivity contribution in [3.8, 4) is 0 Å². The van der Waals surface area contributed by atoms with Crippen LogP contribution in [0, 0.1) is 5.82 Å². The third kappa shape index (κ3) is 3.75. The van der Waals surface area contributed by atoms with Gasteiger partial charge in [-0.15, -0.1) is 0 Å². The van der Waals surface area contributed by atoms with Crippen LogP contribution in [-0.4, -0.2) is 39.7 Å². The van der Waals surface area contributed by atoms with E-state index < -0.39 is 0 Å². The molecule has 0 unspecified atom stereocenters. The molecule has 1 aliphatic heterocycles. The fraction of sp³-hybridized carbons (Fsp3) is 0.389. The van der Waals surface area contributed by atoms with Crippen molar-refractivity contribution in [3.63, 3.8) is 0 Å². The Morgan fingerprint density at radius 2 is 2.19 bits per heavy atom. The number of nitrogens with two attached hydrogens (primary N) is 1. The summed E-state index contributed by atoms with van der Waals surface area (Å²) in [7, 11) is 0. The highest BCUT2D eigenvalue weighted by atomic mass is 19.1. The average molecular weight is 356 g/mol. The number of H-pyrrole nitrogens is 1. The minimum atomic E-state index is -0.265. The lowest BCUT2D eigenvalue weighted by Gasteiger charge is -2.11. The number of nitrogens with one attached hydrogen (secondary N) is 2. The summed E-state index contributed by atoms with van der Waals surface area (Å²) >= 11 is 0. The van der Waals surface area contributed by atoms with Crippen LogP contribution in [0.1, 0.15) is 30.3 Å². The Morgan fingerprint density at radius 3 is 3.04 bits per heavy atom. The lowest BCUT2D eigenvalue weighted by molar-refractivity contribution is 0.193. The minimum Gasteiger partial charge on any atom is -0.381 e. The zero-order valence-corrected chi connectivity index (χ0v) is 14.3. The van der Waals surface area contributed by atoms with E-state index in [1.165, 1.54) is 12.1 Å². The molecular formula is C18H21FN6O. The number of aryl methyl sites for hydroxylation is 1. The number of anilines is 2. The van der Waals surface area contributed by atoms with E-state index in [0.717, 1.165) is 60.8 Å². The number of hydrogen-bond donors (Lipinski definition) is 3. The van der Waals surface area contributed by atoms with Crippen LogP contribution in [0.5, 0.6) is 0 Å². The molecule has 4 rings (SSSR count). The summed E-state index contributed by atoms with van der Waals surface area (Å²) in [4.78, 5) is 16.2. The number of halogens is 1. The Kier molecular flexibility index (Phi) is 4.66. The molecule has 8 heteroatoms. The first-order chi connectivity index (χ1) is 12.7. The standard InChI is InChI=1S/C18H21FN6O/c19-12-3-4-13-15(8-12)23-16(22-13)2-1-6-21-17-9-14(24-18(20)25-17)11-5-7-26-10-11/h3-4,8-9,11H,1-2,5-7,10H2,(H,22,23)(H3,20,21,24,25)/t11-/m0/s1. The van der Waals surface area contributed by atoms with E-state index in [0.29, 0.717) is 6.61 Å². The molecule has 4 N–H and O–H groups in total. The maximum absolute atomic E-state index is 13.2. The molecule has 1 aromatic carbocycles. The molecule has 0 aliphatic carbocycles. The lowest BCUT2D eigenvalue weighted by Crippen LogP contribution is -2.10. The molecule has 0 spiro atoms. The quantitative estimate of drug-likeness (QED) is 0.587. The van der Waals surface area contributed by atoms with E-state index >= 15 is 0 Å². The maximum atomic E-state index is 13.2. The van der Waals surface area contributed by atoms with Crippen LogP contribution in [0.3, 0.4) is 0 Å². The molecule has 1 aliphatic rings. The normalized spacial score (nSPS) is 17.0. The first-order valence-electron chi connectivity index (χ1n) is 8.77. The van der Waals surface area contributed by atoms with Crippen molar-refractivity contribution >= 4 is 22.8 Å². The smallest absolute Gasteiger partial charge is 0.222 e. The topological polar surface area (TPSA) is 102 Å². The Morgan fingerprint density at radius 1 is 1.27 bits per heavy atom. The van der Waals surface area contributed by atoms with Gasteiger partial charge in [-0.1, -0.05) is 0 Å². The number of benzene rings is 1.